The van der Waals surface area contributed by atoms with Crippen LogP contribution in [-0.4, -0.2) is 46.7 Å². The van der Waals surface area contributed by atoms with E-state index in [1.54, 1.807) is 24.4 Å². The van der Waals surface area contributed by atoms with Gasteiger partial charge in [0.1, 0.15) is 0 Å². The summed E-state index contributed by atoms with van der Waals surface area (Å²) in [7, 11) is 0. The lowest BCUT2D eigenvalue weighted by Gasteiger charge is -2.26. The van der Waals surface area contributed by atoms with Crippen LogP contribution in [0.2, 0.25) is 0 Å². The normalized spacial score (nSPS) is 15.2. The number of fused-ring (bicyclic) bond motifs is 1. The van der Waals surface area contributed by atoms with Gasteiger partial charge in [0.2, 0.25) is 0 Å². The molecule has 0 radical (unpaired) electrons. The highest BCUT2D eigenvalue weighted by Gasteiger charge is 2.31. The lowest BCUT2D eigenvalue weighted by Crippen LogP contribution is -2.31. The second-order valence-corrected chi connectivity index (χ2v) is 7.97. The van der Waals surface area contributed by atoms with Gasteiger partial charge in [-0.1, -0.05) is 12.1 Å². The molecule has 0 spiro atoms. The molecule has 1 fully saturated rings. The number of hydrogen-bond acceptors (Lipinski definition) is 6. The standard InChI is InChI=1S/C21H18F3N3O3S/c22-21(23,24)13-5-6-16-15(11-13)19(26-17-4-2-1-3-14(17)20(28)29)18(12-25-16)31-27-7-9-30-10-8-27/h1-6,11-12H,7-10H2,(H,25,26)(H,28,29). The van der Waals surface area contributed by atoms with Gasteiger partial charge in [-0.2, -0.15) is 13.2 Å². The number of pyridine rings is 1. The number of aromatic nitrogens is 1. The Kier molecular flexibility index (Phi) is 6.03. The Bertz CT molecular complexity index is 1120. The minimum atomic E-state index is -4.52. The summed E-state index contributed by atoms with van der Waals surface area (Å²) in [6.07, 6.45) is -2.93. The Morgan fingerprint density at radius 3 is 2.61 bits per heavy atom. The van der Waals surface area contributed by atoms with Crippen LogP contribution in [0.15, 0.2) is 53.6 Å². The number of halogens is 3. The largest absolute Gasteiger partial charge is 0.478 e. The van der Waals surface area contributed by atoms with Gasteiger partial charge in [0.25, 0.3) is 0 Å². The first-order chi connectivity index (χ1) is 14.8. The predicted octanol–water partition coefficient (Wildman–Crippen LogP) is 5.03. The lowest BCUT2D eigenvalue weighted by atomic mass is 10.1. The van der Waals surface area contributed by atoms with E-state index in [9.17, 15) is 23.1 Å². The number of aromatic carboxylic acids is 1. The molecule has 162 valence electrons. The molecule has 0 atom stereocenters. The number of morpholine rings is 1. The van der Waals surface area contributed by atoms with Crippen molar-refractivity contribution >= 4 is 40.2 Å². The number of hydrogen-bond donors (Lipinski definition) is 2. The number of anilines is 2. The summed E-state index contributed by atoms with van der Waals surface area (Å²) in [6, 6.07) is 9.60. The number of benzene rings is 2. The molecule has 1 aliphatic rings. The third-order valence-electron chi connectivity index (χ3n) is 4.78. The molecule has 0 bridgehead atoms. The quantitative estimate of drug-likeness (QED) is 0.529. The molecule has 4 rings (SSSR count). The van der Waals surface area contributed by atoms with Gasteiger partial charge >= 0.3 is 12.1 Å². The van der Waals surface area contributed by atoms with Crippen molar-refractivity contribution in [3.63, 3.8) is 0 Å². The highest BCUT2D eigenvalue weighted by Crippen LogP contribution is 2.40. The Morgan fingerprint density at radius 1 is 1.16 bits per heavy atom. The van der Waals surface area contributed by atoms with Crippen molar-refractivity contribution in [1.29, 1.82) is 0 Å². The second-order valence-electron chi connectivity index (χ2n) is 6.84. The first kappa shape index (κ1) is 21.4. The van der Waals surface area contributed by atoms with Crippen LogP contribution in [-0.2, 0) is 10.9 Å². The van der Waals surface area contributed by atoms with E-state index in [4.69, 9.17) is 4.74 Å². The molecule has 2 heterocycles. The number of carboxylic acids is 1. The molecule has 2 aromatic carbocycles. The Labute approximate surface area is 180 Å². The maximum absolute atomic E-state index is 13.4. The molecule has 0 amide bonds. The van der Waals surface area contributed by atoms with Crippen molar-refractivity contribution in [1.82, 2.24) is 9.29 Å². The van der Waals surface area contributed by atoms with E-state index in [0.717, 1.165) is 12.1 Å². The van der Waals surface area contributed by atoms with Crippen molar-refractivity contribution in [3.05, 3.63) is 59.8 Å². The Balaban J connectivity index is 1.85. The van der Waals surface area contributed by atoms with Crippen LogP contribution in [0.1, 0.15) is 15.9 Å². The lowest BCUT2D eigenvalue weighted by molar-refractivity contribution is -0.137. The average molecular weight is 449 g/mol. The molecule has 6 nitrogen and oxygen atoms in total. The van der Waals surface area contributed by atoms with Crippen LogP contribution in [0.5, 0.6) is 0 Å². The van der Waals surface area contributed by atoms with Gasteiger partial charge in [0.05, 0.1) is 46.1 Å². The first-order valence-corrected chi connectivity index (χ1v) is 10.2. The SMILES string of the molecule is O=C(O)c1ccccc1Nc1c(SN2CCOCC2)cnc2ccc(C(F)(F)F)cc12. The zero-order chi connectivity index (χ0) is 22.0. The molecule has 2 N–H and O–H groups in total. The molecule has 1 aliphatic heterocycles. The summed E-state index contributed by atoms with van der Waals surface area (Å²) < 4.78 is 47.5. The molecular formula is C21H18F3N3O3S. The molecule has 0 saturated carbocycles. The van der Waals surface area contributed by atoms with Crippen LogP contribution in [0.25, 0.3) is 10.9 Å². The van der Waals surface area contributed by atoms with Gasteiger partial charge in [-0.3, -0.25) is 4.98 Å². The fourth-order valence-electron chi connectivity index (χ4n) is 3.24. The molecule has 1 saturated heterocycles. The van der Waals surface area contributed by atoms with E-state index in [2.05, 4.69) is 10.3 Å². The van der Waals surface area contributed by atoms with Crippen LogP contribution in [0.3, 0.4) is 0 Å². The number of rotatable bonds is 5. The number of carbonyl (C=O) groups is 1. The third kappa shape index (κ3) is 4.76. The van der Waals surface area contributed by atoms with Gasteiger partial charge in [-0.25, -0.2) is 9.10 Å². The monoisotopic (exact) mass is 449 g/mol. The summed E-state index contributed by atoms with van der Waals surface area (Å²) >= 11 is 1.35. The highest BCUT2D eigenvalue weighted by atomic mass is 32.2. The summed E-state index contributed by atoms with van der Waals surface area (Å²) in [6.45, 7) is 2.40. The number of alkyl halides is 3. The summed E-state index contributed by atoms with van der Waals surface area (Å²) in [5, 5.41) is 12.8. The maximum Gasteiger partial charge on any atom is 0.416 e. The average Bonchev–Trinajstić information content (AvgIpc) is 2.75. The highest BCUT2D eigenvalue weighted by molar-refractivity contribution is 7.97. The van der Waals surface area contributed by atoms with Crippen LogP contribution in [0, 0.1) is 0 Å². The first-order valence-electron chi connectivity index (χ1n) is 9.43. The van der Waals surface area contributed by atoms with Crippen LogP contribution >= 0.6 is 11.9 Å². The molecule has 10 heteroatoms. The van der Waals surface area contributed by atoms with Crippen molar-refractivity contribution in [2.45, 2.75) is 11.1 Å². The topological polar surface area (TPSA) is 74.7 Å². The Morgan fingerprint density at radius 2 is 1.90 bits per heavy atom. The smallest absolute Gasteiger partial charge is 0.416 e. The van der Waals surface area contributed by atoms with E-state index in [0.29, 0.717) is 42.4 Å². The van der Waals surface area contributed by atoms with E-state index < -0.39 is 17.7 Å². The zero-order valence-corrected chi connectivity index (χ0v) is 17.0. The zero-order valence-electron chi connectivity index (χ0n) is 16.1. The van der Waals surface area contributed by atoms with Gasteiger partial charge < -0.3 is 15.2 Å². The second kappa shape index (κ2) is 8.74. The molecule has 1 aromatic heterocycles. The van der Waals surface area contributed by atoms with Gasteiger partial charge in [-0.15, -0.1) is 0 Å². The third-order valence-corrected chi connectivity index (χ3v) is 5.90. The van der Waals surface area contributed by atoms with Crippen LogP contribution < -0.4 is 5.32 Å². The van der Waals surface area contributed by atoms with E-state index in [-0.39, 0.29) is 16.6 Å². The van der Waals surface area contributed by atoms with Crippen molar-refractivity contribution < 1.29 is 27.8 Å². The summed E-state index contributed by atoms with van der Waals surface area (Å²) in [5.41, 5.74) is 0.242. The molecule has 3 aromatic rings. The number of nitrogens with one attached hydrogen (secondary N) is 1. The minimum absolute atomic E-state index is 0.0155. The maximum atomic E-state index is 13.4. The van der Waals surface area contributed by atoms with E-state index in [1.807, 2.05) is 4.31 Å². The van der Waals surface area contributed by atoms with Crippen LogP contribution in [0.4, 0.5) is 24.5 Å². The minimum Gasteiger partial charge on any atom is -0.478 e. The fraction of sp³-hybridized carbons (Fsp3) is 0.238. The fourth-order valence-corrected chi connectivity index (χ4v) is 4.20. The molecule has 0 unspecified atom stereocenters. The molecule has 31 heavy (non-hydrogen) atoms. The van der Waals surface area contributed by atoms with E-state index >= 15 is 0 Å². The number of ether oxygens (including phenoxy) is 1. The van der Waals surface area contributed by atoms with Crippen molar-refractivity contribution in [2.75, 3.05) is 31.6 Å². The summed E-state index contributed by atoms with van der Waals surface area (Å²) in [4.78, 5) is 16.6. The molecular weight excluding hydrogens is 431 g/mol. The molecule has 0 aliphatic carbocycles. The number of para-hydroxylation sites is 1. The van der Waals surface area contributed by atoms with Gasteiger partial charge in [0.15, 0.2) is 0 Å². The summed E-state index contributed by atoms with van der Waals surface area (Å²) in [5.74, 6) is -1.14. The number of carboxylic acid groups (broad SMARTS) is 1. The number of nitrogens with zero attached hydrogens (tertiary/aromatic N) is 2. The Hall–Kier alpha value is -2.82. The van der Waals surface area contributed by atoms with Crippen molar-refractivity contribution in [3.8, 4) is 0 Å². The van der Waals surface area contributed by atoms with E-state index in [1.165, 1.54) is 24.1 Å². The predicted molar refractivity (Wildman–Crippen MR) is 112 cm³/mol. The van der Waals surface area contributed by atoms with Gasteiger partial charge in [-0.05, 0) is 42.3 Å². The van der Waals surface area contributed by atoms with Gasteiger partial charge in [0, 0.05) is 24.7 Å². The van der Waals surface area contributed by atoms with Crippen molar-refractivity contribution in [2.24, 2.45) is 0 Å².